The lowest BCUT2D eigenvalue weighted by molar-refractivity contribution is -0.142. The molecule has 2 aromatic heterocycles. The minimum atomic E-state index is -2.15. The van der Waals surface area contributed by atoms with E-state index in [4.69, 9.17) is 19.9 Å². The predicted molar refractivity (Wildman–Crippen MR) is 246 cm³/mol. The maximum Gasteiger partial charge on any atom is 0.176 e. The van der Waals surface area contributed by atoms with Crippen molar-refractivity contribution >= 4 is 11.6 Å². The summed E-state index contributed by atoms with van der Waals surface area (Å²) in [6.45, 7) is 11.2. The van der Waals surface area contributed by atoms with Crippen LogP contribution in [-0.2, 0) is 15.0 Å². The zero-order valence-electron chi connectivity index (χ0n) is 35.4. The van der Waals surface area contributed by atoms with E-state index in [9.17, 15) is 0 Å². The topological polar surface area (TPSA) is 85.7 Å². The highest BCUT2D eigenvalue weighted by atomic mass is 16.2. The first-order chi connectivity index (χ1) is 29.4. The molecule has 0 fully saturated rings. The lowest BCUT2D eigenvalue weighted by atomic mass is 9.59. The quantitative estimate of drug-likeness (QED) is 0.128. The van der Waals surface area contributed by atoms with Crippen molar-refractivity contribution in [3.8, 4) is 67.5 Å². The molecule has 0 aliphatic carbocycles. The van der Waals surface area contributed by atoms with Crippen molar-refractivity contribution in [3.63, 3.8) is 0 Å². The number of carbonyl (C=O) groups is 2. The van der Waals surface area contributed by atoms with Crippen LogP contribution in [0.4, 0.5) is 0 Å². The Bertz CT molecular complexity index is 2620. The fourth-order valence-electron chi connectivity index (χ4n) is 7.95. The molecular formula is C55H48N4O2. The molecular weight excluding hydrogens is 749 g/mol. The van der Waals surface area contributed by atoms with E-state index in [1.807, 2.05) is 224 Å². The van der Waals surface area contributed by atoms with E-state index in [0.717, 1.165) is 22.3 Å². The maximum atomic E-state index is 16.4. The first-order valence-corrected chi connectivity index (χ1v) is 20.7. The Labute approximate surface area is 358 Å². The number of hydrogen-bond donors (Lipinski definition) is 0. The molecule has 6 heteroatoms. The minimum Gasteiger partial charge on any atom is -0.297 e. The Morgan fingerprint density at radius 1 is 0.295 bits per heavy atom. The molecule has 6 aromatic carbocycles. The smallest absolute Gasteiger partial charge is 0.176 e. The Morgan fingerprint density at radius 2 is 0.492 bits per heavy atom. The highest BCUT2D eigenvalue weighted by Gasteiger charge is 2.60. The zero-order chi connectivity index (χ0) is 42.8. The molecule has 2 heterocycles. The zero-order valence-corrected chi connectivity index (χ0v) is 35.4. The average molecular weight is 797 g/mol. The van der Waals surface area contributed by atoms with E-state index in [1.54, 1.807) is 0 Å². The summed E-state index contributed by atoms with van der Waals surface area (Å²) in [6.07, 6.45) is 0. The summed E-state index contributed by atoms with van der Waals surface area (Å²) in [4.78, 5) is 55.2. The van der Waals surface area contributed by atoms with E-state index in [0.29, 0.717) is 45.3 Å². The van der Waals surface area contributed by atoms with Crippen LogP contribution in [0.5, 0.6) is 0 Å². The van der Waals surface area contributed by atoms with Crippen LogP contribution < -0.4 is 0 Å². The van der Waals surface area contributed by atoms with Gasteiger partial charge in [-0.3, -0.25) is 9.59 Å². The standard InChI is InChI=1S/C55H48N4O2/c1-53(2,3)51(60)55(52(61)54(4,5)6,49-47(41-33-21-11-22-34-41)56-43(37-25-13-7-14-26-37)45(58-49)39-29-17-9-18-30-39)50-48(42-35-23-12-24-36-42)57-44(38-27-15-8-16-28-38)46(59-50)40-31-19-10-20-32-40/h7-36H,1-6H3. The molecule has 0 radical (unpaired) electrons. The largest absolute Gasteiger partial charge is 0.297 e. The van der Waals surface area contributed by atoms with Crippen LogP contribution in [0.3, 0.4) is 0 Å². The van der Waals surface area contributed by atoms with Crippen LogP contribution in [0.2, 0.25) is 0 Å². The number of carbonyl (C=O) groups excluding carboxylic acids is 2. The second-order valence-electron chi connectivity index (χ2n) is 17.3. The molecule has 0 N–H and O–H groups in total. The van der Waals surface area contributed by atoms with Gasteiger partial charge >= 0.3 is 0 Å². The van der Waals surface area contributed by atoms with Crippen LogP contribution in [0.25, 0.3) is 67.5 Å². The van der Waals surface area contributed by atoms with Gasteiger partial charge in [0.2, 0.25) is 0 Å². The van der Waals surface area contributed by atoms with Crippen molar-refractivity contribution in [2.24, 2.45) is 10.8 Å². The summed E-state index contributed by atoms with van der Waals surface area (Å²) in [7, 11) is 0. The Morgan fingerprint density at radius 3 is 0.705 bits per heavy atom. The van der Waals surface area contributed by atoms with E-state index in [1.165, 1.54) is 0 Å². The van der Waals surface area contributed by atoms with Gasteiger partial charge in [0.1, 0.15) is 0 Å². The number of hydrogen-bond acceptors (Lipinski definition) is 6. The normalized spacial score (nSPS) is 11.9. The third-order valence-corrected chi connectivity index (χ3v) is 10.8. The van der Waals surface area contributed by atoms with Gasteiger partial charge in [-0.25, -0.2) is 19.9 Å². The van der Waals surface area contributed by atoms with Crippen molar-refractivity contribution in [2.75, 3.05) is 0 Å². The van der Waals surface area contributed by atoms with Crippen molar-refractivity contribution < 1.29 is 9.59 Å². The maximum absolute atomic E-state index is 16.4. The Hall–Kier alpha value is -7.18. The summed E-state index contributed by atoms with van der Waals surface area (Å²) >= 11 is 0. The molecule has 6 nitrogen and oxygen atoms in total. The summed E-state index contributed by atoms with van der Waals surface area (Å²) in [5.74, 6) is -0.730. The van der Waals surface area contributed by atoms with E-state index in [-0.39, 0.29) is 23.0 Å². The van der Waals surface area contributed by atoms with Gasteiger partial charge in [0, 0.05) is 44.2 Å². The predicted octanol–water partition coefficient (Wildman–Crippen LogP) is 12.8. The first-order valence-electron chi connectivity index (χ1n) is 20.7. The summed E-state index contributed by atoms with van der Waals surface area (Å²) < 4.78 is 0. The minimum absolute atomic E-state index is 0.204. The third kappa shape index (κ3) is 7.73. The fraction of sp³-hybridized carbons (Fsp3) is 0.164. The van der Waals surface area contributed by atoms with E-state index >= 15 is 9.59 Å². The number of Topliss-reactive ketones (excluding diaryl/α,β-unsaturated/α-hetero) is 2. The molecule has 0 amide bonds. The second kappa shape index (κ2) is 16.5. The number of nitrogens with zero attached hydrogens (tertiary/aromatic N) is 4. The molecule has 0 unspecified atom stereocenters. The molecule has 0 aliphatic heterocycles. The van der Waals surface area contributed by atoms with Gasteiger partial charge in [0.05, 0.1) is 45.6 Å². The molecule has 0 atom stereocenters. The number of benzene rings is 6. The lowest BCUT2D eigenvalue weighted by Crippen LogP contribution is -2.55. The highest BCUT2D eigenvalue weighted by molar-refractivity contribution is 6.20. The molecule has 0 spiro atoms. The molecule has 0 saturated carbocycles. The van der Waals surface area contributed by atoms with Gasteiger partial charge in [-0.1, -0.05) is 224 Å². The first kappa shape index (κ1) is 40.6. The van der Waals surface area contributed by atoms with Crippen LogP contribution in [0.15, 0.2) is 182 Å². The summed E-state index contributed by atoms with van der Waals surface area (Å²) in [5.41, 5.74) is 3.85. The second-order valence-corrected chi connectivity index (χ2v) is 17.3. The molecule has 0 bridgehead atoms. The third-order valence-electron chi connectivity index (χ3n) is 10.8. The average Bonchev–Trinajstić information content (AvgIpc) is 3.30. The van der Waals surface area contributed by atoms with Crippen LogP contribution in [0.1, 0.15) is 52.9 Å². The number of rotatable bonds is 10. The van der Waals surface area contributed by atoms with E-state index in [2.05, 4.69) is 0 Å². The molecule has 8 aromatic rings. The SMILES string of the molecule is CC(C)(C)C(=O)C(C(=O)C(C)(C)C)(c1nc(-c2ccccc2)c(-c2ccccc2)nc1-c1ccccc1)c1nc(-c2ccccc2)c(-c2ccccc2)nc1-c1ccccc1. The Kier molecular flexibility index (Phi) is 11.0. The van der Waals surface area contributed by atoms with Crippen molar-refractivity contribution in [3.05, 3.63) is 193 Å². The van der Waals surface area contributed by atoms with Gasteiger partial charge in [-0.05, 0) is 0 Å². The van der Waals surface area contributed by atoms with Gasteiger partial charge in [0.25, 0.3) is 0 Å². The summed E-state index contributed by atoms with van der Waals surface area (Å²) in [5, 5.41) is 0. The number of ketones is 2. The molecule has 300 valence electrons. The van der Waals surface area contributed by atoms with Gasteiger partial charge in [0.15, 0.2) is 17.0 Å². The molecule has 0 aliphatic rings. The van der Waals surface area contributed by atoms with Gasteiger partial charge in [-0.2, -0.15) is 0 Å². The van der Waals surface area contributed by atoms with Crippen molar-refractivity contribution in [1.29, 1.82) is 0 Å². The molecule has 61 heavy (non-hydrogen) atoms. The number of aromatic nitrogens is 4. The summed E-state index contributed by atoms with van der Waals surface area (Å²) in [6, 6.07) is 59.0. The molecule has 8 rings (SSSR count). The van der Waals surface area contributed by atoms with E-state index < -0.39 is 16.2 Å². The highest BCUT2D eigenvalue weighted by Crippen LogP contribution is 2.50. The molecule has 0 saturated heterocycles. The van der Waals surface area contributed by atoms with Crippen LogP contribution >= 0.6 is 0 Å². The van der Waals surface area contributed by atoms with Crippen LogP contribution in [-0.4, -0.2) is 31.5 Å². The van der Waals surface area contributed by atoms with Crippen molar-refractivity contribution in [1.82, 2.24) is 19.9 Å². The van der Waals surface area contributed by atoms with Crippen molar-refractivity contribution in [2.45, 2.75) is 47.0 Å². The van der Waals surface area contributed by atoms with Gasteiger partial charge in [-0.15, -0.1) is 0 Å². The van der Waals surface area contributed by atoms with Crippen LogP contribution in [0, 0.1) is 10.8 Å². The lowest BCUT2D eigenvalue weighted by Gasteiger charge is -2.41. The van der Waals surface area contributed by atoms with Gasteiger partial charge < -0.3 is 0 Å². The fourth-order valence-corrected chi connectivity index (χ4v) is 7.95. The monoisotopic (exact) mass is 796 g/mol. The Balaban J connectivity index is 1.66.